The van der Waals surface area contributed by atoms with Gasteiger partial charge in [0.1, 0.15) is 5.76 Å². The van der Waals surface area contributed by atoms with Gasteiger partial charge in [0.2, 0.25) is 5.89 Å². The van der Waals surface area contributed by atoms with Crippen molar-refractivity contribution in [3.05, 3.63) is 77.2 Å². The molecule has 1 N–H and O–H groups in total. The Hall–Kier alpha value is -3.41. The highest BCUT2D eigenvalue weighted by Gasteiger charge is 2.31. The number of hydrogen-bond acceptors (Lipinski definition) is 5. The summed E-state index contributed by atoms with van der Waals surface area (Å²) in [7, 11) is 0. The van der Waals surface area contributed by atoms with Crippen LogP contribution in [0.2, 0.25) is 0 Å². The van der Waals surface area contributed by atoms with Gasteiger partial charge in [-0.3, -0.25) is 10.1 Å². The van der Waals surface area contributed by atoms with Gasteiger partial charge in [-0.05, 0) is 62.3 Å². The highest BCUT2D eigenvalue weighted by molar-refractivity contribution is 5.99. The van der Waals surface area contributed by atoms with E-state index in [1.54, 1.807) is 0 Å². The second-order valence-electron chi connectivity index (χ2n) is 7.48. The van der Waals surface area contributed by atoms with Crippen molar-refractivity contribution in [3.8, 4) is 11.5 Å². The van der Waals surface area contributed by atoms with Crippen LogP contribution >= 0.6 is 0 Å². The first-order valence-corrected chi connectivity index (χ1v) is 10.2. The zero-order valence-electron chi connectivity index (χ0n) is 16.9. The number of benzene rings is 2. The van der Waals surface area contributed by atoms with Crippen LogP contribution in [0.25, 0.3) is 11.5 Å². The number of aromatic nitrogens is 1. The van der Waals surface area contributed by atoms with Crippen molar-refractivity contribution < 1.29 is 18.7 Å². The molecule has 1 aromatic heterocycles. The molecule has 0 radical (unpaired) electrons. The zero-order valence-corrected chi connectivity index (χ0v) is 16.9. The van der Waals surface area contributed by atoms with E-state index in [0.29, 0.717) is 12.3 Å². The quantitative estimate of drug-likeness (QED) is 0.602. The topological polar surface area (TPSA) is 81.4 Å². The normalized spacial score (nSPS) is 15.8. The summed E-state index contributed by atoms with van der Waals surface area (Å²) in [5, 5.41) is 2.15. The van der Waals surface area contributed by atoms with E-state index in [2.05, 4.69) is 34.6 Å². The molecule has 1 unspecified atom stereocenters. The summed E-state index contributed by atoms with van der Waals surface area (Å²) >= 11 is 0. The maximum absolute atomic E-state index is 11.5. The first-order chi connectivity index (χ1) is 14.6. The van der Waals surface area contributed by atoms with Gasteiger partial charge in [-0.2, -0.15) is 0 Å². The molecule has 6 nitrogen and oxygen atoms in total. The molecular formula is C24H24N2O4. The molecular weight excluding hydrogens is 380 g/mol. The highest BCUT2D eigenvalue weighted by atomic mass is 16.6. The lowest BCUT2D eigenvalue weighted by atomic mass is 10.0. The Balaban J connectivity index is 1.27. The van der Waals surface area contributed by atoms with Crippen LogP contribution in [0.5, 0.6) is 0 Å². The lowest BCUT2D eigenvalue weighted by Crippen LogP contribution is -2.24. The van der Waals surface area contributed by atoms with E-state index in [1.165, 1.54) is 11.1 Å². The average Bonchev–Trinajstić information content (AvgIpc) is 3.29. The number of oxazole rings is 1. The second kappa shape index (κ2) is 8.95. The van der Waals surface area contributed by atoms with Gasteiger partial charge in [-0.25, -0.2) is 9.78 Å². The summed E-state index contributed by atoms with van der Waals surface area (Å²) in [6, 6.07) is 18.4. The van der Waals surface area contributed by atoms with E-state index in [1.807, 2.05) is 37.3 Å². The van der Waals surface area contributed by atoms with E-state index in [-0.39, 0.29) is 5.91 Å². The third-order valence-corrected chi connectivity index (χ3v) is 5.29. The Kier molecular flexibility index (Phi) is 5.93. The molecule has 1 saturated heterocycles. The van der Waals surface area contributed by atoms with Gasteiger partial charge in [0, 0.05) is 5.56 Å². The minimum atomic E-state index is -0.650. The largest absolute Gasteiger partial charge is 0.441 e. The fraction of sp³-hybridized carbons (Fsp3) is 0.292. The maximum Gasteiger partial charge on any atom is 0.414 e. The number of ether oxygens (including phenoxy) is 1. The van der Waals surface area contributed by atoms with Gasteiger partial charge in [-0.15, -0.1) is 0 Å². The number of cyclic esters (lactones) is 1. The lowest BCUT2D eigenvalue weighted by molar-refractivity contribution is -0.123. The molecule has 6 heteroatoms. The average molecular weight is 404 g/mol. The Morgan fingerprint density at radius 1 is 0.933 bits per heavy atom. The molecule has 2 heterocycles. The molecule has 3 aromatic rings. The summed E-state index contributed by atoms with van der Waals surface area (Å²) in [4.78, 5) is 27.2. The summed E-state index contributed by atoms with van der Waals surface area (Å²) in [6.07, 6.45) is 2.57. The van der Waals surface area contributed by atoms with Crippen molar-refractivity contribution in [2.45, 2.75) is 45.1 Å². The van der Waals surface area contributed by atoms with Crippen LogP contribution in [0, 0.1) is 6.92 Å². The molecule has 1 fully saturated rings. The third kappa shape index (κ3) is 4.76. The van der Waals surface area contributed by atoms with Gasteiger partial charge >= 0.3 is 6.09 Å². The number of rotatable bonds is 8. The van der Waals surface area contributed by atoms with Crippen molar-refractivity contribution >= 4 is 12.0 Å². The van der Waals surface area contributed by atoms with Crippen molar-refractivity contribution in [1.29, 1.82) is 0 Å². The lowest BCUT2D eigenvalue weighted by Gasteiger charge is -2.07. The summed E-state index contributed by atoms with van der Waals surface area (Å²) in [5.41, 5.74) is 4.42. The number of hydrogen-bond donors (Lipinski definition) is 1. The van der Waals surface area contributed by atoms with E-state index in [9.17, 15) is 9.59 Å². The Morgan fingerprint density at radius 2 is 1.63 bits per heavy atom. The number of alkyl carbamates (subject to hydrolysis) is 1. The fourth-order valence-corrected chi connectivity index (χ4v) is 3.57. The smallest absolute Gasteiger partial charge is 0.414 e. The van der Waals surface area contributed by atoms with Crippen molar-refractivity contribution in [3.63, 3.8) is 0 Å². The molecule has 4 rings (SSSR count). The highest BCUT2D eigenvalue weighted by Crippen LogP contribution is 2.22. The van der Waals surface area contributed by atoms with Crippen LogP contribution in [0.4, 0.5) is 4.79 Å². The predicted molar refractivity (Wildman–Crippen MR) is 112 cm³/mol. The van der Waals surface area contributed by atoms with Crippen molar-refractivity contribution in [1.82, 2.24) is 10.3 Å². The van der Waals surface area contributed by atoms with Gasteiger partial charge in [-0.1, -0.05) is 42.5 Å². The number of imide groups is 1. The number of nitrogens with zero attached hydrogens (tertiary/aromatic N) is 1. The van der Waals surface area contributed by atoms with Crippen molar-refractivity contribution in [2.24, 2.45) is 0 Å². The summed E-state index contributed by atoms with van der Waals surface area (Å²) in [5.74, 6) is 1.19. The molecule has 0 saturated carbocycles. The Morgan fingerprint density at radius 3 is 2.30 bits per heavy atom. The predicted octanol–water partition coefficient (Wildman–Crippen LogP) is 4.39. The first-order valence-electron chi connectivity index (χ1n) is 10.2. The van der Waals surface area contributed by atoms with Crippen LogP contribution in [0.1, 0.15) is 35.4 Å². The summed E-state index contributed by atoms with van der Waals surface area (Å²) < 4.78 is 10.8. The van der Waals surface area contributed by atoms with Crippen LogP contribution in [-0.2, 0) is 28.8 Å². The molecule has 0 spiro atoms. The van der Waals surface area contributed by atoms with E-state index in [0.717, 1.165) is 42.7 Å². The second-order valence-corrected chi connectivity index (χ2v) is 7.48. The minimum Gasteiger partial charge on any atom is -0.441 e. The minimum absolute atomic E-state index is 0.339. The van der Waals surface area contributed by atoms with Crippen molar-refractivity contribution in [2.75, 3.05) is 0 Å². The molecule has 154 valence electrons. The van der Waals surface area contributed by atoms with Crippen LogP contribution < -0.4 is 5.32 Å². The molecule has 1 aliphatic rings. The molecule has 30 heavy (non-hydrogen) atoms. The standard InChI is InChI=1S/C24H24N2O4/c1-16-20(25-23(29-16)19-7-3-2-4-8-19)15-14-18-12-10-17(11-13-18)6-5-9-21-22(27)26-24(28)30-21/h2-4,7-8,10-13,21H,5-6,9,14-15H2,1H3,(H,26,27,28). The fourth-order valence-electron chi connectivity index (χ4n) is 3.57. The third-order valence-electron chi connectivity index (χ3n) is 5.29. The van der Waals surface area contributed by atoms with E-state index < -0.39 is 12.2 Å². The number of amides is 2. The van der Waals surface area contributed by atoms with Crippen LogP contribution in [0.3, 0.4) is 0 Å². The number of aryl methyl sites for hydroxylation is 4. The van der Waals surface area contributed by atoms with E-state index >= 15 is 0 Å². The Labute approximate surface area is 175 Å². The Bertz CT molecular complexity index is 1030. The molecule has 2 aromatic carbocycles. The summed E-state index contributed by atoms with van der Waals surface area (Å²) in [6.45, 7) is 1.96. The van der Waals surface area contributed by atoms with Gasteiger partial charge in [0.25, 0.3) is 5.91 Å². The number of carbonyl (C=O) groups excluding carboxylic acids is 2. The van der Waals surface area contributed by atoms with E-state index in [4.69, 9.17) is 9.15 Å². The molecule has 0 bridgehead atoms. The SMILES string of the molecule is Cc1oc(-c2ccccc2)nc1CCc1ccc(CCCC2OC(=O)NC2=O)cc1. The maximum atomic E-state index is 11.5. The monoisotopic (exact) mass is 404 g/mol. The molecule has 1 atom stereocenters. The van der Waals surface area contributed by atoms with Gasteiger partial charge < -0.3 is 9.15 Å². The van der Waals surface area contributed by atoms with Gasteiger partial charge in [0.05, 0.1) is 5.69 Å². The zero-order chi connectivity index (χ0) is 20.9. The molecule has 2 amide bonds. The molecule has 0 aliphatic carbocycles. The van der Waals surface area contributed by atoms with Gasteiger partial charge in [0.15, 0.2) is 6.10 Å². The number of nitrogens with one attached hydrogen (secondary N) is 1. The number of carbonyl (C=O) groups is 2. The first kappa shape index (κ1) is 19.9. The van der Waals surface area contributed by atoms with Crippen LogP contribution in [-0.4, -0.2) is 23.1 Å². The molecule has 1 aliphatic heterocycles. The van der Waals surface area contributed by atoms with Crippen LogP contribution in [0.15, 0.2) is 59.0 Å².